The molecule has 0 fully saturated rings. The number of nitro benzene ring substituents is 1. The Morgan fingerprint density at radius 2 is 1.83 bits per heavy atom. The van der Waals surface area contributed by atoms with Gasteiger partial charge in [0.2, 0.25) is 5.91 Å². The van der Waals surface area contributed by atoms with Crippen LogP contribution in [0.3, 0.4) is 0 Å². The van der Waals surface area contributed by atoms with Gasteiger partial charge in [-0.3, -0.25) is 24.7 Å². The van der Waals surface area contributed by atoms with Gasteiger partial charge in [0.05, 0.1) is 17.6 Å². The Hall–Kier alpha value is -3.56. The molecule has 1 unspecified atom stereocenters. The molecule has 1 heterocycles. The first-order chi connectivity index (χ1) is 16.4. The van der Waals surface area contributed by atoms with Gasteiger partial charge in [-0.15, -0.1) is 0 Å². The average Bonchev–Trinajstić information content (AvgIpc) is 2.76. The molecule has 10 heteroatoms. The molecule has 0 saturated carbocycles. The van der Waals surface area contributed by atoms with Gasteiger partial charge in [-0.1, -0.05) is 26.0 Å². The van der Waals surface area contributed by atoms with Crippen LogP contribution in [0, 0.1) is 22.0 Å². The van der Waals surface area contributed by atoms with Gasteiger partial charge in [-0.25, -0.2) is 4.79 Å². The Bertz CT molecular complexity index is 1060. The minimum atomic E-state index is -0.982. The highest BCUT2D eigenvalue weighted by Crippen LogP contribution is 2.40. The van der Waals surface area contributed by atoms with Crippen LogP contribution in [0.2, 0.25) is 0 Å². The maximum atomic E-state index is 13.6. The van der Waals surface area contributed by atoms with Crippen LogP contribution in [0.15, 0.2) is 40.5 Å². The number of aliphatic imine (C=N–C) groups is 1. The number of non-ortho nitro benzene ring substituents is 1. The first-order valence-electron chi connectivity index (χ1n) is 11.6. The van der Waals surface area contributed by atoms with Crippen molar-refractivity contribution in [3.8, 4) is 0 Å². The predicted molar refractivity (Wildman–Crippen MR) is 130 cm³/mol. The smallest absolute Gasteiger partial charge is 0.328 e. The summed E-state index contributed by atoms with van der Waals surface area (Å²) in [5.74, 6) is -3.94. The minimum Gasteiger partial charge on any atom is -0.464 e. The molecule has 2 rings (SSSR count). The lowest BCUT2D eigenvalue weighted by Crippen LogP contribution is -2.48. The van der Waals surface area contributed by atoms with Crippen molar-refractivity contribution in [1.82, 2.24) is 5.32 Å². The van der Waals surface area contributed by atoms with Crippen LogP contribution in [0.4, 0.5) is 5.69 Å². The Morgan fingerprint density at radius 3 is 2.37 bits per heavy atom. The van der Waals surface area contributed by atoms with Crippen LogP contribution in [-0.4, -0.2) is 47.2 Å². The highest BCUT2D eigenvalue weighted by atomic mass is 16.6. The van der Waals surface area contributed by atoms with Crippen molar-refractivity contribution < 1.29 is 28.8 Å². The van der Waals surface area contributed by atoms with Crippen LogP contribution in [-0.2, 0) is 23.9 Å². The fourth-order valence-corrected chi connectivity index (χ4v) is 4.08. The number of carbonyl (C=O) groups is 3. The number of esters is 2. The molecule has 190 valence electrons. The van der Waals surface area contributed by atoms with Gasteiger partial charge in [0.15, 0.2) is 0 Å². The zero-order valence-electron chi connectivity index (χ0n) is 21.2. The second kappa shape index (κ2) is 11.7. The summed E-state index contributed by atoms with van der Waals surface area (Å²) in [6.45, 7) is 12.1. The van der Waals surface area contributed by atoms with E-state index in [0.717, 1.165) is 0 Å². The van der Waals surface area contributed by atoms with Crippen molar-refractivity contribution >= 4 is 29.2 Å². The molecule has 1 aliphatic rings. The molecule has 1 aliphatic heterocycles. The Kier molecular flexibility index (Phi) is 9.27. The van der Waals surface area contributed by atoms with Crippen molar-refractivity contribution in [3.05, 3.63) is 51.2 Å². The van der Waals surface area contributed by atoms with Gasteiger partial charge in [0.1, 0.15) is 12.0 Å². The fraction of sp³-hybridized carbons (Fsp3) is 0.520. The number of ether oxygens (including phenoxy) is 2. The lowest BCUT2D eigenvalue weighted by atomic mass is 9.75. The summed E-state index contributed by atoms with van der Waals surface area (Å²) in [7, 11) is 0. The lowest BCUT2D eigenvalue weighted by molar-refractivity contribution is -0.384. The molecule has 0 aromatic heterocycles. The average molecular weight is 488 g/mol. The van der Waals surface area contributed by atoms with Crippen molar-refractivity contribution in [1.29, 1.82) is 0 Å². The van der Waals surface area contributed by atoms with Crippen LogP contribution < -0.4 is 5.32 Å². The first-order valence-corrected chi connectivity index (χ1v) is 11.6. The Labute approximate surface area is 204 Å². The summed E-state index contributed by atoms with van der Waals surface area (Å²) in [6, 6.07) is 4.87. The molecule has 0 radical (unpaired) electrons. The summed E-state index contributed by atoms with van der Waals surface area (Å²) in [6.07, 6.45) is -0.417. The van der Waals surface area contributed by atoms with E-state index in [-0.39, 0.29) is 23.8 Å². The summed E-state index contributed by atoms with van der Waals surface area (Å²) < 4.78 is 10.6. The van der Waals surface area contributed by atoms with E-state index >= 15 is 0 Å². The van der Waals surface area contributed by atoms with Crippen molar-refractivity contribution in [2.24, 2.45) is 16.8 Å². The molecule has 10 nitrogen and oxygen atoms in total. The largest absolute Gasteiger partial charge is 0.464 e. The number of rotatable bonds is 9. The number of amides is 1. The highest BCUT2D eigenvalue weighted by Gasteiger charge is 2.43. The van der Waals surface area contributed by atoms with E-state index in [1.54, 1.807) is 54.5 Å². The molecule has 0 spiro atoms. The number of carbonyl (C=O) groups excluding carboxylic acids is 3. The van der Waals surface area contributed by atoms with E-state index in [2.05, 4.69) is 10.3 Å². The van der Waals surface area contributed by atoms with Crippen LogP contribution >= 0.6 is 0 Å². The monoisotopic (exact) mass is 487 g/mol. The molecule has 3 atom stereocenters. The van der Waals surface area contributed by atoms with E-state index < -0.39 is 46.8 Å². The SMILES string of the molecule is CCOC(=O)[C@@H](NC(=O)C1=C(C)N=C(C)C(C(=O)OC(C)C)[C@@H]1c1cccc([N+](=O)[O-])c1)C(C)C. The molecule has 1 N–H and O–H groups in total. The maximum absolute atomic E-state index is 13.6. The van der Waals surface area contributed by atoms with Crippen molar-refractivity contribution in [3.63, 3.8) is 0 Å². The number of nitrogens with one attached hydrogen (secondary N) is 1. The van der Waals surface area contributed by atoms with E-state index in [1.165, 1.54) is 18.2 Å². The van der Waals surface area contributed by atoms with Crippen LogP contribution in [0.1, 0.15) is 59.9 Å². The number of nitro groups is 1. The van der Waals surface area contributed by atoms with Crippen LogP contribution in [0.5, 0.6) is 0 Å². The fourth-order valence-electron chi connectivity index (χ4n) is 4.08. The standard InChI is InChI=1S/C25H33N3O7/c1-8-34-25(31)22(13(2)3)27-23(29)19-15(6)26-16(7)20(24(30)35-14(4)5)21(19)17-10-9-11-18(12-17)28(32)33/h9-14,20-22H,8H2,1-7H3,(H,27,29)/t20?,21-,22+/m1/s1. The lowest BCUT2D eigenvalue weighted by Gasteiger charge is -2.33. The number of hydrogen-bond donors (Lipinski definition) is 1. The normalized spacial score (nSPS) is 18.7. The summed E-state index contributed by atoms with van der Waals surface area (Å²) in [5.41, 5.74) is 1.11. The number of allylic oxidation sites excluding steroid dienone is 1. The van der Waals surface area contributed by atoms with Gasteiger partial charge in [0, 0.05) is 35.0 Å². The molecule has 35 heavy (non-hydrogen) atoms. The molecule has 1 aromatic rings. The molecule has 1 aromatic carbocycles. The first kappa shape index (κ1) is 27.7. The second-order valence-electron chi connectivity index (χ2n) is 8.99. The third-order valence-electron chi connectivity index (χ3n) is 5.61. The topological polar surface area (TPSA) is 137 Å². The van der Waals surface area contributed by atoms with Gasteiger partial charge in [0.25, 0.3) is 5.69 Å². The van der Waals surface area contributed by atoms with Gasteiger partial charge in [-0.05, 0) is 46.1 Å². The molecule has 0 saturated heterocycles. The quantitative estimate of drug-likeness (QED) is 0.318. The summed E-state index contributed by atoms with van der Waals surface area (Å²) in [5, 5.41) is 14.2. The molecular formula is C25H33N3O7. The summed E-state index contributed by atoms with van der Waals surface area (Å²) >= 11 is 0. The Morgan fingerprint density at radius 1 is 1.17 bits per heavy atom. The molecular weight excluding hydrogens is 454 g/mol. The number of hydrogen-bond acceptors (Lipinski definition) is 8. The Balaban J connectivity index is 2.64. The van der Waals surface area contributed by atoms with Gasteiger partial charge in [-0.2, -0.15) is 0 Å². The second-order valence-corrected chi connectivity index (χ2v) is 8.99. The van der Waals surface area contributed by atoms with Crippen LogP contribution in [0.25, 0.3) is 0 Å². The minimum absolute atomic E-state index is 0.136. The van der Waals surface area contributed by atoms with E-state index in [0.29, 0.717) is 17.0 Å². The van der Waals surface area contributed by atoms with Crippen molar-refractivity contribution in [2.45, 2.75) is 66.5 Å². The highest BCUT2D eigenvalue weighted by molar-refractivity contribution is 6.08. The molecule has 0 bridgehead atoms. The maximum Gasteiger partial charge on any atom is 0.328 e. The van der Waals surface area contributed by atoms with Crippen molar-refractivity contribution in [2.75, 3.05) is 6.61 Å². The van der Waals surface area contributed by atoms with Gasteiger partial charge < -0.3 is 14.8 Å². The van der Waals surface area contributed by atoms with E-state index in [4.69, 9.17) is 9.47 Å². The summed E-state index contributed by atoms with van der Waals surface area (Å²) in [4.78, 5) is 54.6. The zero-order valence-corrected chi connectivity index (χ0v) is 21.2. The number of nitrogens with zero attached hydrogens (tertiary/aromatic N) is 2. The third kappa shape index (κ3) is 6.52. The zero-order chi connectivity index (χ0) is 26.4. The molecule has 0 aliphatic carbocycles. The number of benzene rings is 1. The molecule has 1 amide bonds. The predicted octanol–water partition coefficient (Wildman–Crippen LogP) is 3.70. The van der Waals surface area contributed by atoms with E-state index in [9.17, 15) is 24.5 Å². The van der Waals surface area contributed by atoms with E-state index in [1.807, 2.05) is 0 Å². The van der Waals surface area contributed by atoms with Gasteiger partial charge >= 0.3 is 11.9 Å². The third-order valence-corrected chi connectivity index (χ3v) is 5.61.